The fourth-order valence-electron chi connectivity index (χ4n) is 2.33. The molecule has 2 fully saturated rings. The molecule has 2 aliphatic heterocycles. The lowest BCUT2D eigenvalue weighted by Gasteiger charge is -2.42. The highest BCUT2D eigenvalue weighted by atomic mass is 16.6. The Balaban J connectivity index is 1.75. The van der Waals surface area contributed by atoms with Crippen molar-refractivity contribution >= 4 is 18.0 Å². The number of rotatable bonds is 4. The maximum Gasteiger partial charge on any atom is 0.409 e. The zero-order chi connectivity index (χ0) is 13.3. The number of aliphatic carboxylic acids is 1. The number of carboxylic acids is 1. The highest BCUT2D eigenvalue weighted by Gasteiger charge is 2.47. The van der Waals surface area contributed by atoms with Crippen LogP contribution in [0.5, 0.6) is 0 Å². The summed E-state index contributed by atoms with van der Waals surface area (Å²) in [5.41, 5.74) is 0. The van der Waals surface area contributed by atoms with Gasteiger partial charge in [0, 0.05) is 13.1 Å². The number of ether oxygens (including phenoxy) is 1. The Bertz CT molecular complexity index is 378. The molecule has 2 rings (SSSR count). The lowest BCUT2D eigenvalue weighted by molar-refractivity contribution is -0.154. The minimum absolute atomic E-state index is 0.187. The zero-order valence-electron chi connectivity index (χ0n) is 10.1. The van der Waals surface area contributed by atoms with Gasteiger partial charge in [0.2, 0.25) is 5.91 Å². The molecule has 7 heteroatoms. The van der Waals surface area contributed by atoms with Crippen LogP contribution in [0.25, 0.3) is 0 Å². The molecule has 0 aromatic heterocycles. The molecule has 7 nitrogen and oxygen atoms in total. The molecule has 1 unspecified atom stereocenters. The molecule has 18 heavy (non-hydrogen) atoms. The van der Waals surface area contributed by atoms with Crippen LogP contribution in [0.4, 0.5) is 4.79 Å². The van der Waals surface area contributed by atoms with Gasteiger partial charge in [-0.25, -0.2) is 9.59 Å². The Hall–Kier alpha value is -1.79. The van der Waals surface area contributed by atoms with Gasteiger partial charge in [0.05, 0.1) is 12.5 Å². The van der Waals surface area contributed by atoms with E-state index in [4.69, 9.17) is 9.84 Å². The van der Waals surface area contributed by atoms with Crippen LogP contribution in [-0.4, -0.2) is 53.7 Å². The van der Waals surface area contributed by atoms with Crippen LogP contribution in [0.3, 0.4) is 0 Å². The summed E-state index contributed by atoms with van der Waals surface area (Å²) in [5, 5.41) is 11.2. The van der Waals surface area contributed by atoms with Crippen LogP contribution < -0.4 is 5.32 Å². The van der Waals surface area contributed by atoms with Crippen molar-refractivity contribution in [1.82, 2.24) is 10.2 Å². The third-order valence-corrected chi connectivity index (χ3v) is 3.37. The van der Waals surface area contributed by atoms with Crippen molar-refractivity contribution in [2.75, 3.05) is 19.7 Å². The second kappa shape index (κ2) is 4.83. The predicted molar refractivity (Wildman–Crippen MR) is 59.8 cm³/mol. The van der Waals surface area contributed by atoms with Crippen molar-refractivity contribution in [2.45, 2.75) is 19.4 Å². The van der Waals surface area contributed by atoms with E-state index in [0.717, 1.165) is 0 Å². The first-order valence-corrected chi connectivity index (χ1v) is 5.97. The van der Waals surface area contributed by atoms with E-state index in [1.807, 2.05) is 0 Å². The predicted octanol–water partition coefficient (Wildman–Crippen LogP) is -0.336. The summed E-state index contributed by atoms with van der Waals surface area (Å²) in [6, 6.07) is -0.769. The lowest BCUT2D eigenvalue weighted by atomic mass is 9.80. The van der Waals surface area contributed by atoms with Crippen molar-refractivity contribution in [3.05, 3.63) is 0 Å². The van der Waals surface area contributed by atoms with Crippen molar-refractivity contribution in [2.24, 2.45) is 11.8 Å². The Morgan fingerprint density at radius 1 is 1.50 bits per heavy atom. The number of hydrogen-bond acceptors (Lipinski definition) is 4. The summed E-state index contributed by atoms with van der Waals surface area (Å²) in [6.45, 7) is 3.15. The minimum atomic E-state index is -0.999. The average Bonchev–Trinajstić information content (AvgIpc) is 2.23. The number of nitrogens with one attached hydrogen (secondary N) is 1. The molecule has 2 amide bonds. The molecule has 2 saturated heterocycles. The standard InChI is InChI=1S/C11H16N2O5/c1-2-18-11(17)13-4-6(5-13)3-7-8(10(15)16)12-9(7)14/h6-8H,2-5H2,1H3,(H,12,14)(H,15,16)/t7-,8?/m1/s1. The van der Waals surface area contributed by atoms with Gasteiger partial charge in [0.25, 0.3) is 0 Å². The molecular formula is C11H16N2O5. The maximum atomic E-state index is 11.3. The van der Waals surface area contributed by atoms with Crippen LogP contribution in [0, 0.1) is 11.8 Å². The highest BCUT2D eigenvalue weighted by Crippen LogP contribution is 2.29. The van der Waals surface area contributed by atoms with Crippen LogP contribution >= 0.6 is 0 Å². The maximum absolute atomic E-state index is 11.3. The first kappa shape index (κ1) is 12.7. The van der Waals surface area contributed by atoms with Crippen molar-refractivity contribution < 1.29 is 24.2 Å². The first-order valence-electron chi connectivity index (χ1n) is 5.97. The molecule has 0 bridgehead atoms. The SMILES string of the molecule is CCOC(=O)N1CC(C[C@H]2C(=O)NC2C(=O)O)C1. The van der Waals surface area contributed by atoms with Gasteiger partial charge in [-0.3, -0.25) is 4.79 Å². The number of hydrogen-bond donors (Lipinski definition) is 2. The van der Waals surface area contributed by atoms with Gasteiger partial charge in [-0.05, 0) is 19.3 Å². The molecule has 0 spiro atoms. The van der Waals surface area contributed by atoms with Gasteiger partial charge >= 0.3 is 12.1 Å². The van der Waals surface area contributed by atoms with E-state index in [-0.39, 0.29) is 17.9 Å². The van der Waals surface area contributed by atoms with Gasteiger partial charge < -0.3 is 20.1 Å². The van der Waals surface area contributed by atoms with E-state index in [0.29, 0.717) is 26.1 Å². The van der Waals surface area contributed by atoms with Gasteiger partial charge in [0.15, 0.2) is 0 Å². The lowest BCUT2D eigenvalue weighted by Crippen LogP contribution is -2.63. The largest absolute Gasteiger partial charge is 0.480 e. The fourth-order valence-corrected chi connectivity index (χ4v) is 2.33. The van der Waals surface area contributed by atoms with Crippen molar-refractivity contribution in [3.8, 4) is 0 Å². The number of nitrogens with zero attached hydrogens (tertiary/aromatic N) is 1. The van der Waals surface area contributed by atoms with E-state index in [1.165, 1.54) is 0 Å². The monoisotopic (exact) mass is 256 g/mol. The van der Waals surface area contributed by atoms with Crippen LogP contribution in [0.1, 0.15) is 13.3 Å². The topological polar surface area (TPSA) is 95.9 Å². The number of likely N-dealkylation sites (tertiary alicyclic amines) is 1. The Morgan fingerprint density at radius 2 is 2.17 bits per heavy atom. The smallest absolute Gasteiger partial charge is 0.409 e. The number of β-lactam (4-membered cyclic amide) rings is 1. The fraction of sp³-hybridized carbons (Fsp3) is 0.727. The number of carbonyl (C=O) groups is 3. The van der Waals surface area contributed by atoms with E-state index < -0.39 is 17.9 Å². The van der Waals surface area contributed by atoms with E-state index in [9.17, 15) is 14.4 Å². The molecule has 100 valence electrons. The number of carboxylic acid groups (broad SMARTS) is 1. The summed E-state index contributed by atoms with van der Waals surface area (Å²) < 4.78 is 4.83. The van der Waals surface area contributed by atoms with Gasteiger partial charge in [-0.15, -0.1) is 0 Å². The Kier molecular flexibility index (Phi) is 3.40. The Morgan fingerprint density at radius 3 is 2.67 bits per heavy atom. The zero-order valence-corrected chi connectivity index (χ0v) is 10.1. The molecule has 2 heterocycles. The molecule has 2 N–H and O–H groups in total. The number of carbonyl (C=O) groups excluding carboxylic acids is 2. The van der Waals surface area contributed by atoms with Crippen molar-refractivity contribution in [3.63, 3.8) is 0 Å². The Labute approximate surface area is 104 Å². The van der Waals surface area contributed by atoms with Crippen LogP contribution in [0.15, 0.2) is 0 Å². The van der Waals surface area contributed by atoms with Gasteiger partial charge in [-0.1, -0.05) is 0 Å². The summed E-state index contributed by atoms with van der Waals surface area (Å²) in [4.78, 5) is 34.9. The van der Waals surface area contributed by atoms with Crippen LogP contribution in [-0.2, 0) is 14.3 Å². The van der Waals surface area contributed by atoms with Crippen LogP contribution in [0.2, 0.25) is 0 Å². The summed E-state index contributed by atoms with van der Waals surface area (Å²) in [5.74, 6) is -1.48. The second-order valence-electron chi connectivity index (χ2n) is 4.64. The van der Waals surface area contributed by atoms with Crippen molar-refractivity contribution in [1.29, 1.82) is 0 Å². The number of amides is 2. The molecule has 0 aliphatic carbocycles. The quantitative estimate of drug-likeness (QED) is 0.671. The average molecular weight is 256 g/mol. The van der Waals surface area contributed by atoms with Gasteiger partial charge in [-0.2, -0.15) is 0 Å². The molecule has 2 aliphatic rings. The third kappa shape index (κ3) is 2.25. The summed E-state index contributed by atoms with van der Waals surface area (Å²) in [6.07, 6.45) is 0.167. The molecule has 2 atom stereocenters. The summed E-state index contributed by atoms with van der Waals surface area (Å²) >= 11 is 0. The first-order chi connectivity index (χ1) is 8.52. The van der Waals surface area contributed by atoms with E-state index in [1.54, 1.807) is 11.8 Å². The molecule has 0 saturated carbocycles. The molecule has 0 radical (unpaired) electrons. The second-order valence-corrected chi connectivity index (χ2v) is 4.64. The highest BCUT2D eigenvalue weighted by molar-refractivity contribution is 5.96. The van der Waals surface area contributed by atoms with E-state index >= 15 is 0 Å². The molecular weight excluding hydrogens is 240 g/mol. The molecule has 0 aromatic carbocycles. The van der Waals surface area contributed by atoms with Gasteiger partial charge in [0.1, 0.15) is 6.04 Å². The minimum Gasteiger partial charge on any atom is -0.480 e. The normalized spacial score (nSPS) is 26.9. The summed E-state index contributed by atoms with van der Waals surface area (Å²) in [7, 11) is 0. The third-order valence-electron chi connectivity index (χ3n) is 3.37. The molecule has 0 aromatic rings. The van der Waals surface area contributed by atoms with E-state index in [2.05, 4.69) is 5.32 Å².